The van der Waals surface area contributed by atoms with Crippen LogP contribution >= 0.6 is 0 Å². The smallest absolute Gasteiger partial charge is 0.336 e. The summed E-state index contributed by atoms with van der Waals surface area (Å²) in [4.78, 5) is 0. The molecule has 2 aromatic heterocycles. The zero-order chi connectivity index (χ0) is 19.0. The van der Waals surface area contributed by atoms with Gasteiger partial charge in [-0.15, -0.1) is 10.2 Å². The summed E-state index contributed by atoms with van der Waals surface area (Å²) in [6, 6.07) is 19.4. The maximum Gasteiger partial charge on any atom is 0.336 e. The highest BCUT2D eigenvalue weighted by Gasteiger charge is 2.15. The zero-order valence-electron chi connectivity index (χ0n) is 14.4. The van der Waals surface area contributed by atoms with E-state index in [1.54, 1.807) is 12.4 Å². The van der Waals surface area contributed by atoms with Gasteiger partial charge in [-0.3, -0.25) is 0 Å². The molecule has 0 fully saturated rings. The van der Waals surface area contributed by atoms with E-state index in [0.29, 0.717) is 0 Å². The Kier molecular flexibility index (Phi) is 5.10. The summed E-state index contributed by atoms with van der Waals surface area (Å²) in [6.07, 6.45) is 3.26. The van der Waals surface area contributed by atoms with Crippen molar-refractivity contribution in [3.63, 3.8) is 0 Å². The Morgan fingerprint density at radius 3 is 1.46 bits per heavy atom. The van der Waals surface area contributed by atoms with E-state index in [0.717, 1.165) is 11.1 Å². The summed E-state index contributed by atoms with van der Waals surface area (Å²) in [5.74, 6) is 0.120. The van der Waals surface area contributed by atoms with Crippen molar-refractivity contribution in [2.24, 2.45) is 10.2 Å². The van der Waals surface area contributed by atoms with E-state index in [1.165, 1.54) is 0 Å². The molecule has 4 aromatic rings. The molecule has 0 spiro atoms. The highest BCUT2D eigenvalue weighted by atomic mass is 16.4. The third-order valence-corrected chi connectivity index (χ3v) is 3.38. The molecule has 2 N–H and O–H groups in total. The Morgan fingerprint density at radius 2 is 1.04 bits per heavy atom. The minimum absolute atomic E-state index is 0.0602. The minimum Gasteiger partial charge on any atom is -0.398 e. The lowest BCUT2D eigenvalue weighted by molar-refractivity contribution is 0.521. The number of anilines is 2. The molecule has 0 bridgehead atoms. The van der Waals surface area contributed by atoms with Crippen molar-refractivity contribution in [3.05, 3.63) is 71.8 Å². The fourth-order valence-corrected chi connectivity index (χ4v) is 2.11. The highest BCUT2D eigenvalue weighted by Crippen LogP contribution is 2.20. The van der Waals surface area contributed by atoms with Crippen LogP contribution in [0.25, 0.3) is 11.8 Å². The maximum absolute atomic E-state index is 5.39. The van der Waals surface area contributed by atoms with Crippen molar-refractivity contribution in [1.29, 1.82) is 0 Å². The normalized spacial score (nSPS) is 11.3. The Hall–Kier alpha value is -4.34. The summed E-state index contributed by atoms with van der Waals surface area (Å²) in [5, 5.41) is 23.4. The summed E-state index contributed by atoms with van der Waals surface area (Å²) >= 11 is 0. The first-order chi connectivity index (χ1) is 13.9. The average Bonchev–Trinajstić information content (AvgIpc) is 3.39. The molecule has 28 heavy (non-hydrogen) atoms. The van der Waals surface area contributed by atoms with Crippen LogP contribution in [0.4, 0.5) is 12.0 Å². The monoisotopic (exact) mass is 374 g/mol. The average molecular weight is 374 g/mol. The van der Waals surface area contributed by atoms with Crippen LogP contribution in [0.5, 0.6) is 0 Å². The molecule has 0 aliphatic heterocycles. The van der Waals surface area contributed by atoms with E-state index in [1.807, 2.05) is 60.7 Å². The fraction of sp³-hybridized carbons (Fsp3) is 0. The number of nitrogens with zero attached hydrogens (tertiary/aromatic N) is 6. The van der Waals surface area contributed by atoms with Crippen molar-refractivity contribution in [1.82, 2.24) is 20.4 Å². The zero-order valence-corrected chi connectivity index (χ0v) is 14.4. The van der Waals surface area contributed by atoms with Crippen LogP contribution in [0, 0.1) is 0 Å². The second-order valence-corrected chi connectivity index (χ2v) is 5.39. The van der Waals surface area contributed by atoms with Crippen molar-refractivity contribution < 1.29 is 8.83 Å². The van der Waals surface area contributed by atoms with Gasteiger partial charge in [-0.2, -0.15) is 10.2 Å². The van der Waals surface area contributed by atoms with Crippen LogP contribution in [0.3, 0.4) is 0 Å². The molecule has 2 aromatic carbocycles. The third-order valence-electron chi connectivity index (χ3n) is 3.38. The van der Waals surface area contributed by atoms with Crippen LogP contribution in [0.2, 0.25) is 0 Å². The van der Waals surface area contributed by atoms with Gasteiger partial charge in [0.1, 0.15) is 0 Å². The SMILES string of the molecule is C(=NNc1nnc(-c2nnc(NN=Cc3ccccc3)o2)o1)c1ccccc1. The molecule has 0 unspecified atom stereocenters. The molecule has 2 heterocycles. The van der Waals surface area contributed by atoms with Gasteiger partial charge in [-0.1, -0.05) is 70.9 Å². The summed E-state index contributed by atoms with van der Waals surface area (Å²) in [7, 11) is 0. The second kappa shape index (κ2) is 8.36. The fourth-order valence-electron chi connectivity index (χ4n) is 2.11. The van der Waals surface area contributed by atoms with Gasteiger partial charge in [0.25, 0.3) is 0 Å². The molecule has 10 nitrogen and oxygen atoms in total. The van der Waals surface area contributed by atoms with E-state index in [9.17, 15) is 0 Å². The first-order valence-electron chi connectivity index (χ1n) is 8.22. The molecule has 0 aliphatic rings. The van der Waals surface area contributed by atoms with E-state index in [-0.39, 0.29) is 23.8 Å². The number of hydrogen-bond acceptors (Lipinski definition) is 10. The minimum atomic E-state index is 0.0602. The molecule has 0 amide bonds. The quantitative estimate of drug-likeness (QED) is 0.373. The van der Waals surface area contributed by atoms with Crippen molar-refractivity contribution in [2.45, 2.75) is 0 Å². The largest absolute Gasteiger partial charge is 0.398 e. The molecular formula is C18H14N8O2. The Labute approximate surface area is 159 Å². The van der Waals surface area contributed by atoms with Crippen LogP contribution in [-0.2, 0) is 0 Å². The predicted octanol–water partition coefficient (Wildman–Crippen LogP) is 3.01. The van der Waals surface area contributed by atoms with Gasteiger partial charge in [0, 0.05) is 0 Å². The van der Waals surface area contributed by atoms with Gasteiger partial charge in [0.2, 0.25) is 0 Å². The van der Waals surface area contributed by atoms with E-state index < -0.39 is 0 Å². The Bertz CT molecular complexity index is 985. The standard InChI is InChI=1S/C18H14N8O2/c1-3-7-13(8-4-1)11-19-23-17-25-21-15(27-17)16-22-26-18(28-16)24-20-12-14-9-5-2-6-10-14/h1-12H,(H,23,25)(H,24,26). The number of hydrazone groups is 2. The van der Waals surface area contributed by atoms with Crippen LogP contribution in [0.15, 0.2) is 79.7 Å². The number of rotatable bonds is 7. The number of hydrogen-bond donors (Lipinski definition) is 2. The Balaban J connectivity index is 1.35. The predicted molar refractivity (Wildman–Crippen MR) is 103 cm³/mol. The van der Waals surface area contributed by atoms with E-state index in [2.05, 4.69) is 41.4 Å². The molecule has 0 atom stereocenters. The first-order valence-corrected chi connectivity index (χ1v) is 8.22. The highest BCUT2D eigenvalue weighted by molar-refractivity contribution is 5.80. The van der Waals surface area contributed by atoms with E-state index in [4.69, 9.17) is 8.83 Å². The van der Waals surface area contributed by atoms with Gasteiger partial charge in [0.05, 0.1) is 12.4 Å². The summed E-state index contributed by atoms with van der Waals surface area (Å²) < 4.78 is 10.8. The lowest BCUT2D eigenvalue weighted by atomic mass is 10.2. The molecule has 0 aliphatic carbocycles. The molecule has 0 saturated carbocycles. The van der Waals surface area contributed by atoms with Gasteiger partial charge in [-0.25, -0.2) is 10.9 Å². The molecule has 0 saturated heterocycles. The van der Waals surface area contributed by atoms with Crippen LogP contribution in [0.1, 0.15) is 11.1 Å². The van der Waals surface area contributed by atoms with Crippen molar-refractivity contribution in [3.8, 4) is 11.8 Å². The van der Waals surface area contributed by atoms with Crippen LogP contribution in [-0.4, -0.2) is 32.8 Å². The number of aromatic nitrogens is 4. The lowest BCUT2D eigenvalue weighted by Crippen LogP contribution is -1.90. The molecular weight excluding hydrogens is 360 g/mol. The van der Waals surface area contributed by atoms with E-state index >= 15 is 0 Å². The van der Waals surface area contributed by atoms with Gasteiger partial charge in [-0.05, 0) is 11.1 Å². The van der Waals surface area contributed by atoms with Gasteiger partial charge < -0.3 is 8.83 Å². The van der Waals surface area contributed by atoms with Gasteiger partial charge >= 0.3 is 23.8 Å². The first kappa shape index (κ1) is 17.1. The number of benzene rings is 2. The molecule has 0 radical (unpaired) electrons. The van der Waals surface area contributed by atoms with Crippen molar-refractivity contribution in [2.75, 3.05) is 10.9 Å². The van der Waals surface area contributed by atoms with Crippen LogP contribution < -0.4 is 10.9 Å². The third kappa shape index (κ3) is 4.43. The van der Waals surface area contributed by atoms with Gasteiger partial charge in [0.15, 0.2) is 0 Å². The second-order valence-electron chi connectivity index (χ2n) is 5.39. The maximum atomic E-state index is 5.39. The van der Waals surface area contributed by atoms with Crippen molar-refractivity contribution >= 4 is 24.5 Å². The Morgan fingerprint density at radius 1 is 0.607 bits per heavy atom. The lowest BCUT2D eigenvalue weighted by Gasteiger charge is -1.92. The summed E-state index contributed by atoms with van der Waals surface area (Å²) in [5.41, 5.74) is 7.14. The molecule has 10 heteroatoms. The summed E-state index contributed by atoms with van der Waals surface area (Å²) in [6.45, 7) is 0. The number of nitrogens with one attached hydrogen (secondary N) is 2. The molecule has 138 valence electrons. The molecule has 4 rings (SSSR count). The topological polar surface area (TPSA) is 127 Å².